The number of rotatable bonds is 2. The van der Waals surface area contributed by atoms with Crippen molar-refractivity contribution in [1.82, 2.24) is 0 Å². The van der Waals surface area contributed by atoms with Crippen LogP contribution in [-0.4, -0.2) is 6.10 Å². The van der Waals surface area contributed by atoms with E-state index in [9.17, 15) is 4.39 Å². The lowest BCUT2D eigenvalue weighted by Crippen LogP contribution is -2.18. The molecule has 0 amide bonds. The fraction of sp³-hybridized carbons (Fsp3) is 0.571. The van der Waals surface area contributed by atoms with E-state index >= 15 is 0 Å². The Hall–Kier alpha value is -1.25. The first kappa shape index (κ1) is 12.2. The fourth-order valence-electron chi connectivity index (χ4n) is 2.34. The molecular formula is C14H20FNO. The van der Waals surface area contributed by atoms with Gasteiger partial charge in [0.15, 0.2) is 0 Å². The molecule has 94 valence electrons. The second-order valence-corrected chi connectivity index (χ2v) is 4.77. The minimum atomic E-state index is -0.312. The van der Waals surface area contributed by atoms with Crippen LogP contribution in [0.25, 0.3) is 0 Å². The first-order valence-electron chi connectivity index (χ1n) is 6.47. The van der Waals surface area contributed by atoms with Crippen molar-refractivity contribution in [3.05, 3.63) is 24.0 Å². The van der Waals surface area contributed by atoms with E-state index in [0.29, 0.717) is 11.4 Å². The van der Waals surface area contributed by atoms with Gasteiger partial charge in [-0.3, -0.25) is 0 Å². The van der Waals surface area contributed by atoms with E-state index < -0.39 is 0 Å². The standard InChI is InChI=1S/C14H20FNO/c15-11-8-9-14(13(16)10-11)17-12-6-4-2-1-3-5-7-12/h8-10,12H,1-7,16H2. The van der Waals surface area contributed by atoms with Crippen LogP contribution < -0.4 is 10.5 Å². The molecule has 1 aliphatic carbocycles. The molecule has 17 heavy (non-hydrogen) atoms. The third-order valence-electron chi connectivity index (χ3n) is 3.32. The Balaban J connectivity index is 1.98. The van der Waals surface area contributed by atoms with Gasteiger partial charge in [0.25, 0.3) is 0 Å². The largest absolute Gasteiger partial charge is 0.488 e. The first-order chi connectivity index (χ1) is 8.25. The lowest BCUT2D eigenvalue weighted by molar-refractivity contribution is 0.167. The Kier molecular flexibility index (Phi) is 4.24. The Labute approximate surface area is 102 Å². The Morgan fingerprint density at radius 3 is 2.35 bits per heavy atom. The maximum absolute atomic E-state index is 12.9. The van der Waals surface area contributed by atoms with Crippen molar-refractivity contribution in [3.8, 4) is 5.75 Å². The molecule has 0 aliphatic heterocycles. The molecule has 0 aromatic heterocycles. The molecule has 1 aromatic rings. The molecule has 0 heterocycles. The Bertz CT molecular complexity index is 359. The van der Waals surface area contributed by atoms with Crippen molar-refractivity contribution < 1.29 is 9.13 Å². The van der Waals surface area contributed by atoms with Crippen LogP contribution in [0, 0.1) is 5.82 Å². The molecule has 0 atom stereocenters. The zero-order chi connectivity index (χ0) is 12.1. The summed E-state index contributed by atoms with van der Waals surface area (Å²) in [6.07, 6.45) is 8.75. The van der Waals surface area contributed by atoms with Crippen molar-refractivity contribution in [3.63, 3.8) is 0 Å². The van der Waals surface area contributed by atoms with Gasteiger partial charge < -0.3 is 10.5 Å². The maximum atomic E-state index is 12.9. The third kappa shape index (κ3) is 3.62. The molecule has 0 spiro atoms. The SMILES string of the molecule is Nc1cc(F)ccc1OC1CCCCCCC1. The molecule has 0 unspecified atom stereocenters. The molecule has 2 nitrogen and oxygen atoms in total. The van der Waals surface area contributed by atoms with Crippen LogP contribution in [-0.2, 0) is 0 Å². The van der Waals surface area contributed by atoms with Crippen molar-refractivity contribution in [2.45, 2.75) is 51.0 Å². The monoisotopic (exact) mass is 237 g/mol. The average Bonchev–Trinajstić information content (AvgIpc) is 2.25. The topological polar surface area (TPSA) is 35.2 Å². The van der Waals surface area contributed by atoms with E-state index in [0.717, 1.165) is 12.8 Å². The quantitative estimate of drug-likeness (QED) is 0.792. The predicted octanol–water partition coefficient (Wildman–Crippen LogP) is 3.90. The number of nitrogen functional groups attached to an aromatic ring is 1. The van der Waals surface area contributed by atoms with E-state index in [1.54, 1.807) is 6.07 Å². The molecule has 1 aliphatic rings. The molecule has 1 saturated carbocycles. The number of nitrogens with two attached hydrogens (primary N) is 1. The van der Waals surface area contributed by atoms with Gasteiger partial charge in [-0.05, 0) is 37.8 Å². The van der Waals surface area contributed by atoms with Gasteiger partial charge in [-0.25, -0.2) is 4.39 Å². The van der Waals surface area contributed by atoms with Crippen LogP contribution in [0.2, 0.25) is 0 Å². The third-order valence-corrected chi connectivity index (χ3v) is 3.32. The second kappa shape index (κ2) is 5.89. The summed E-state index contributed by atoms with van der Waals surface area (Å²) >= 11 is 0. The highest BCUT2D eigenvalue weighted by atomic mass is 19.1. The highest BCUT2D eigenvalue weighted by molar-refractivity contribution is 5.52. The van der Waals surface area contributed by atoms with Gasteiger partial charge in [-0.15, -0.1) is 0 Å². The maximum Gasteiger partial charge on any atom is 0.142 e. The van der Waals surface area contributed by atoms with E-state index in [1.165, 1.54) is 44.2 Å². The van der Waals surface area contributed by atoms with Crippen molar-refractivity contribution in [1.29, 1.82) is 0 Å². The highest BCUT2D eigenvalue weighted by Gasteiger charge is 2.14. The summed E-state index contributed by atoms with van der Waals surface area (Å²) < 4.78 is 18.8. The van der Waals surface area contributed by atoms with Crippen LogP contribution in [0.1, 0.15) is 44.9 Å². The highest BCUT2D eigenvalue weighted by Crippen LogP contribution is 2.27. The van der Waals surface area contributed by atoms with Gasteiger partial charge in [0.2, 0.25) is 0 Å². The van der Waals surface area contributed by atoms with Crippen molar-refractivity contribution >= 4 is 5.69 Å². The van der Waals surface area contributed by atoms with E-state index in [-0.39, 0.29) is 11.9 Å². The molecule has 0 saturated heterocycles. The van der Waals surface area contributed by atoms with Gasteiger partial charge in [-0.2, -0.15) is 0 Å². The number of benzene rings is 1. The Morgan fingerprint density at radius 2 is 1.71 bits per heavy atom. The predicted molar refractivity (Wildman–Crippen MR) is 67.5 cm³/mol. The average molecular weight is 237 g/mol. The molecule has 0 radical (unpaired) electrons. The summed E-state index contributed by atoms with van der Waals surface area (Å²) in [5.41, 5.74) is 6.14. The van der Waals surface area contributed by atoms with Gasteiger partial charge >= 0.3 is 0 Å². The minimum absolute atomic E-state index is 0.239. The molecule has 1 aromatic carbocycles. The van der Waals surface area contributed by atoms with E-state index in [1.807, 2.05) is 0 Å². The number of halogens is 1. The van der Waals surface area contributed by atoms with Crippen LogP contribution in [0.4, 0.5) is 10.1 Å². The van der Waals surface area contributed by atoms with Crippen LogP contribution in [0.5, 0.6) is 5.75 Å². The lowest BCUT2D eigenvalue weighted by Gasteiger charge is -2.22. The number of anilines is 1. The summed E-state index contributed by atoms with van der Waals surface area (Å²) in [5.74, 6) is 0.310. The lowest BCUT2D eigenvalue weighted by atomic mass is 9.98. The van der Waals surface area contributed by atoms with E-state index in [2.05, 4.69) is 0 Å². The van der Waals surface area contributed by atoms with Crippen LogP contribution in [0.15, 0.2) is 18.2 Å². The van der Waals surface area contributed by atoms with Crippen molar-refractivity contribution in [2.24, 2.45) is 0 Å². The molecule has 2 N–H and O–H groups in total. The summed E-state index contributed by atoms with van der Waals surface area (Å²) in [7, 11) is 0. The molecule has 0 bridgehead atoms. The van der Waals surface area contributed by atoms with Crippen molar-refractivity contribution in [2.75, 3.05) is 5.73 Å². The fourth-order valence-corrected chi connectivity index (χ4v) is 2.34. The number of hydrogen-bond acceptors (Lipinski definition) is 2. The number of hydrogen-bond donors (Lipinski definition) is 1. The summed E-state index contributed by atoms with van der Waals surface area (Å²) in [6, 6.07) is 4.34. The van der Waals surface area contributed by atoms with Gasteiger partial charge in [0, 0.05) is 6.07 Å². The molecule has 1 fully saturated rings. The summed E-state index contributed by atoms with van der Waals surface area (Å²) in [6.45, 7) is 0. The molecular weight excluding hydrogens is 217 g/mol. The normalized spacial score (nSPS) is 18.4. The zero-order valence-corrected chi connectivity index (χ0v) is 10.1. The zero-order valence-electron chi connectivity index (χ0n) is 10.1. The van der Waals surface area contributed by atoms with Crippen LogP contribution >= 0.6 is 0 Å². The smallest absolute Gasteiger partial charge is 0.142 e. The van der Waals surface area contributed by atoms with Gasteiger partial charge in [0.05, 0.1) is 11.8 Å². The van der Waals surface area contributed by atoms with Gasteiger partial charge in [0.1, 0.15) is 11.6 Å². The second-order valence-electron chi connectivity index (χ2n) is 4.77. The van der Waals surface area contributed by atoms with Gasteiger partial charge in [-0.1, -0.05) is 19.3 Å². The first-order valence-corrected chi connectivity index (χ1v) is 6.47. The molecule has 2 rings (SSSR count). The summed E-state index contributed by atoms with van der Waals surface area (Å²) in [5, 5.41) is 0. The summed E-state index contributed by atoms with van der Waals surface area (Å²) in [4.78, 5) is 0. The molecule has 3 heteroatoms. The Morgan fingerprint density at radius 1 is 1.06 bits per heavy atom. The van der Waals surface area contributed by atoms with Crippen LogP contribution in [0.3, 0.4) is 0 Å². The minimum Gasteiger partial charge on any atom is -0.488 e. The van der Waals surface area contributed by atoms with E-state index in [4.69, 9.17) is 10.5 Å². The number of ether oxygens (including phenoxy) is 1.